The van der Waals surface area contributed by atoms with E-state index in [1.807, 2.05) is 12.1 Å². The molecular formula is C18H26ClNO. The Kier molecular flexibility index (Phi) is 5.07. The van der Waals surface area contributed by atoms with Crippen molar-refractivity contribution in [1.82, 2.24) is 4.90 Å². The lowest BCUT2D eigenvalue weighted by Gasteiger charge is -2.39. The standard InChI is InChI=1S/C18H26ClNO/c1-21-18-8-7-15(19)13-17(18)14-9-11-20(12-10-14)16-5-3-2-4-6-16/h7-8,13-14,16H,2-6,9-12H2,1H3. The number of likely N-dealkylation sites (tertiary alicyclic amines) is 1. The van der Waals surface area contributed by atoms with E-state index in [4.69, 9.17) is 16.3 Å². The van der Waals surface area contributed by atoms with Gasteiger partial charge in [0.15, 0.2) is 0 Å². The van der Waals surface area contributed by atoms with E-state index >= 15 is 0 Å². The van der Waals surface area contributed by atoms with Gasteiger partial charge < -0.3 is 9.64 Å². The Labute approximate surface area is 133 Å². The van der Waals surface area contributed by atoms with Gasteiger partial charge in [0.05, 0.1) is 7.11 Å². The van der Waals surface area contributed by atoms with Gasteiger partial charge in [0.25, 0.3) is 0 Å². The van der Waals surface area contributed by atoms with Crippen molar-refractivity contribution in [3.63, 3.8) is 0 Å². The van der Waals surface area contributed by atoms with Crippen LogP contribution in [0.5, 0.6) is 5.75 Å². The zero-order valence-corrected chi connectivity index (χ0v) is 13.7. The minimum Gasteiger partial charge on any atom is -0.496 e. The molecule has 1 saturated heterocycles. The number of nitrogens with zero attached hydrogens (tertiary/aromatic N) is 1. The molecule has 3 rings (SSSR count). The van der Waals surface area contributed by atoms with Crippen molar-refractivity contribution in [3.05, 3.63) is 28.8 Å². The van der Waals surface area contributed by atoms with Crippen molar-refractivity contribution < 1.29 is 4.74 Å². The van der Waals surface area contributed by atoms with Crippen molar-refractivity contribution in [3.8, 4) is 5.75 Å². The molecule has 21 heavy (non-hydrogen) atoms. The van der Waals surface area contributed by atoms with Crippen LogP contribution in [0.1, 0.15) is 56.4 Å². The van der Waals surface area contributed by atoms with Gasteiger partial charge >= 0.3 is 0 Å². The first-order valence-corrected chi connectivity index (χ1v) is 8.73. The number of rotatable bonds is 3. The number of piperidine rings is 1. The van der Waals surface area contributed by atoms with Crippen molar-refractivity contribution in [1.29, 1.82) is 0 Å². The molecule has 1 aromatic rings. The van der Waals surface area contributed by atoms with E-state index in [0.717, 1.165) is 16.8 Å². The summed E-state index contributed by atoms with van der Waals surface area (Å²) in [4.78, 5) is 2.73. The molecule has 0 N–H and O–H groups in total. The van der Waals surface area contributed by atoms with Gasteiger partial charge in [-0.2, -0.15) is 0 Å². The smallest absolute Gasteiger partial charge is 0.122 e. The third kappa shape index (κ3) is 3.54. The molecule has 3 heteroatoms. The van der Waals surface area contributed by atoms with Crippen LogP contribution in [0.2, 0.25) is 5.02 Å². The molecule has 0 atom stereocenters. The summed E-state index contributed by atoms with van der Waals surface area (Å²) in [7, 11) is 1.75. The van der Waals surface area contributed by atoms with Crippen LogP contribution in [0.4, 0.5) is 0 Å². The first-order valence-electron chi connectivity index (χ1n) is 8.35. The summed E-state index contributed by atoms with van der Waals surface area (Å²) in [5.41, 5.74) is 1.30. The number of ether oxygens (including phenoxy) is 1. The topological polar surface area (TPSA) is 12.5 Å². The molecule has 2 fully saturated rings. The molecule has 0 bridgehead atoms. The predicted molar refractivity (Wildman–Crippen MR) is 88.4 cm³/mol. The number of hydrogen-bond acceptors (Lipinski definition) is 2. The number of halogens is 1. The number of hydrogen-bond donors (Lipinski definition) is 0. The quantitative estimate of drug-likeness (QED) is 0.790. The molecule has 2 nitrogen and oxygen atoms in total. The molecule has 1 aliphatic carbocycles. The van der Waals surface area contributed by atoms with E-state index < -0.39 is 0 Å². The minimum atomic E-state index is 0.596. The highest BCUT2D eigenvalue weighted by atomic mass is 35.5. The maximum atomic E-state index is 6.18. The van der Waals surface area contributed by atoms with Gasteiger partial charge in [-0.3, -0.25) is 0 Å². The normalized spacial score (nSPS) is 22.4. The number of methoxy groups -OCH3 is 1. The average molecular weight is 308 g/mol. The summed E-state index contributed by atoms with van der Waals surface area (Å²) in [6, 6.07) is 6.87. The second kappa shape index (κ2) is 7.02. The van der Waals surface area contributed by atoms with Crippen LogP contribution in [0.25, 0.3) is 0 Å². The average Bonchev–Trinajstić information content (AvgIpc) is 2.56. The van der Waals surface area contributed by atoms with Gasteiger partial charge in [-0.1, -0.05) is 30.9 Å². The SMILES string of the molecule is COc1ccc(Cl)cc1C1CCN(C2CCCCC2)CC1. The fourth-order valence-corrected chi connectivity index (χ4v) is 4.23. The Morgan fingerprint density at radius 1 is 1.05 bits per heavy atom. The van der Waals surface area contributed by atoms with E-state index in [1.165, 1.54) is 63.6 Å². The summed E-state index contributed by atoms with van der Waals surface area (Å²) in [5.74, 6) is 1.59. The Bertz CT molecular complexity index is 462. The molecule has 0 amide bonds. The first kappa shape index (κ1) is 15.2. The molecule has 0 aromatic heterocycles. The van der Waals surface area contributed by atoms with Gasteiger partial charge in [0.1, 0.15) is 5.75 Å². The molecule has 116 valence electrons. The zero-order chi connectivity index (χ0) is 14.7. The van der Waals surface area contributed by atoms with Gasteiger partial charge in [-0.15, -0.1) is 0 Å². The Hall–Kier alpha value is -0.730. The number of benzene rings is 1. The van der Waals surface area contributed by atoms with Gasteiger partial charge in [-0.05, 0) is 68.5 Å². The Morgan fingerprint density at radius 3 is 2.43 bits per heavy atom. The maximum absolute atomic E-state index is 6.18. The molecule has 1 aromatic carbocycles. The second-order valence-electron chi connectivity index (χ2n) is 6.49. The van der Waals surface area contributed by atoms with E-state index in [1.54, 1.807) is 7.11 Å². The summed E-state index contributed by atoms with van der Waals surface area (Å²) in [6.07, 6.45) is 9.56. The van der Waals surface area contributed by atoms with Crippen LogP contribution < -0.4 is 4.74 Å². The molecule has 0 radical (unpaired) electrons. The van der Waals surface area contributed by atoms with Crippen molar-refractivity contribution in [2.75, 3.05) is 20.2 Å². The third-order valence-corrected chi connectivity index (χ3v) is 5.49. The van der Waals surface area contributed by atoms with Crippen LogP contribution in [-0.2, 0) is 0 Å². The first-order chi connectivity index (χ1) is 10.3. The lowest BCUT2D eigenvalue weighted by molar-refractivity contribution is 0.121. The van der Waals surface area contributed by atoms with Crippen molar-refractivity contribution in [2.45, 2.75) is 56.9 Å². The summed E-state index contributed by atoms with van der Waals surface area (Å²) in [5, 5.41) is 0.820. The van der Waals surface area contributed by atoms with Gasteiger partial charge in [0.2, 0.25) is 0 Å². The van der Waals surface area contributed by atoms with E-state index in [9.17, 15) is 0 Å². The fourth-order valence-electron chi connectivity index (χ4n) is 4.05. The molecule has 0 spiro atoms. The largest absolute Gasteiger partial charge is 0.496 e. The zero-order valence-electron chi connectivity index (χ0n) is 13.0. The molecule has 1 heterocycles. The van der Waals surface area contributed by atoms with Crippen LogP contribution >= 0.6 is 11.6 Å². The third-order valence-electron chi connectivity index (χ3n) is 5.25. The minimum absolute atomic E-state index is 0.596. The van der Waals surface area contributed by atoms with Crippen LogP contribution in [0, 0.1) is 0 Å². The van der Waals surface area contributed by atoms with Crippen molar-refractivity contribution in [2.24, 2.45) is 0 Å². The molecule has 1 aliphatic heterocycles. The molecule has 2 aliphatic rings. The van der Waals surface area contributed by atoms with E-state index in [-0.39, 0.29) is 0 Å². The lowest BCUT2D eigenvalue weighted by atomic mass is 9.86. The van der Waals surface area contributed by atoms with Crippen LogP contribution in [-0.4, -0.2) is 31.1 Å². The van der Waals surface area contributed by atoms with Crippen molar-refractivity contribution >= 4 is 11.6 Å². The summed E-state index contributed by atoms with van der Waals surface area (Å²) < 4.78 is 5.52. The van der Waals surface area contributed by atoms with E-state index in [0.29, 0.717) is 5.92 Å². The highest BCUT2D eigenvalue weighted by molar-refractivity contribution is 6.30. The Balaban J connectivity index is 1.64. The Morgan fingerprint density at radius 2 is 1.76 bits per heavy atom. The predicted octanol–water partition coefficient (Wildman–Crippen LogP) is 4.86. The second-order valence-corrected chi connectivity index (χ2v) is 6.92. The monoisotopic (exact) mass is 307 g/mol. The van der Waals surface area contributed by atoms with Gasteiger partial charge in [-0.25, -0.2) is 0 Å². The van der Waals surface area contributed by atoms with E-state index in [2.05, 4.69) is 11.0 Å². The fraction of sp³-hybridized carbons (Fsp3) is 0.667. The van der Waals surface area contributed by atoms with Gasteiger partial charge in [0, 0.05) is 11.1 Å². The highest BCUT2D eigenvalue weighted by Gasteiger charge is 2.28. The highest BCUT2D eigenvalue weighted by Crippen LogP contribution is 2.37. The lowest BCUT2D eigenvalue weighted by Crippen LogP contribution is -2.41. The van der Waals surface area contributed by atoms with Crippen LogP contribution in [0.3, 0.4) is 0 Å². The molecule has 0 unspecified atom stereocenters. The molecule has 1 saturated carbocycles. The molecular weight excluding hydrogens is 282 g/mol. The van der Waals surface area contributed by atoms with Crippen LogP contribution in [0.15, 0.2) is 18.2 Å². The summed E-state index contributed by atoms with van der Waals surface area (Å²) >= 11 is 6.18. The summed E-state index contributed by atoms with van der Waals surface area (Å²) in [6.45, 7) is 2.45. The maximum Gasteiger partial charge on any atom is 0.122 e.